The Balaban J connectivity index is 1.86. The summed E-state index contributed by atoms with van der Waals surface area (Å²) < 4.78 is 0. The third-order valence-electron chi connectivity index (χ3n) is 3.97. The lowest BCUT2D eigenvalue weighted by molar-refractivity contribution is 0.0961. The fourth-order valence-corrected chi connectivity index (χ4v) is 2.74. The van der Waals surface area contributed by atoms with Crippen LogP contribution in [0.1, 0.15) is 33.1 Å². The van der Waals surface area contributed by atoms with Gasteiger partial charge in [-0.2, -0.15) is 0 Å². The first-order valence-corrected chi connectivity index (χ1v) is 6.78. The van der Waals surface area contributed by atoms with Gasteiger partial charge >= 0.3 is 0 Å². The predicted molar refractivity (Wildman–Crippen MR) is 66.4 cm³/mol. The highest BCUT2D eigenvalue weighted by atomic mass is 16.3. The molecule has 3 heteroatoms. The van der Waals surface area contributed by atoms with Crippen molar-refractivity contribution in [2.45, 2.75) is 45.2 Å². The summed E-state index contributed by atoms with van der Waals surface area (Å²) in [4.78, 5) is 2.42. The Morgan fingerprint density at radius 1 is 1.25 bits per heavy atom. The fourth-order valence-electron chi connectivity index (χ4n) is 2.74. The van der Waals surface area contributed by atoms with Gasteiger partial charge in [-0.25, -0.2) is 0 Å². The average molecular weight is 226 g/mol. The molecule has 1 aliphatic carbocycles. The zero-order valence-corrected chi connectivity index (χ0v) is 10.7. The Morgan fingerprint density at radius 3 is 2.56 bits per heavy atom. The quantitative estimate of drug-likeness (QED) is 0.736. The summed E-state index contributed by atoms with van der Waals surface area (Å²) in [6.07, 6.45) is 4.04. The van der Waals surface area contributed by atoms with Crippen molar-refractivity contribution >= 4 is 0 Å². The lowest BCUT2D eigenvalue weighted by atomic mass is 9.85. The van der Waals surface area contributed by atoms with E-state index in [0.717, 1.165) is 31.0 Å². The molecule has 1 saturated carbocycles. The van der Waals surface area contributed by atoms with E-state index in [2.05, 4.69) is 24.1 Å². The van der Waals surface area contributed by atoms with Crippen molar-refractivity contribution in [3.63, 3.8) is 0 Å². The molecule has 0 aromatic rings. The highest BCUT2D eigenvalue weighted by Crippen LogP contribution is 2.27. The van der Waals surface area contributed by atoms with E-state index in [-0.39, 0.29) is 0 Å². The second-order valence-electron chi connectivity index (χ2n) is 5.86. The molecule has 16 heavy (non-hydrogen) atoms. The average Bonchev–Trinajstić information content (AvgIpc) is 3.01. The maximum Gasteiger partial charge on any atom is 0.0558 e. The largest absolute Gasteiger partial charge is 0.395 e. The molecular formula is C13H26N2O. The fraction of sp³-hybridized carbons (Fsp3) is 1.00. The number of hydrogen-bond acceptors (Lipinski definition) is 3. The minimum Gasteiger partial charge on any atom is -0.395 e. The Kier molecular flexibility index (Phi) is 4.22. The molecule has 2 aliphatic rings. The number of aliphatic hydroxyl groups excluding tert-OH is 1. The van der Waals surface area contributed by atoms with Crippen LogP contribution in [0.15, 0.2) is 0 Å². The molecule has 1 aliphatic heterocycles. The van der Waals surface area contributed by atoms with E-state index in [1.54, 1.807) is 0 Å². The topological polar surface area (TPSA) is 35.5 Å². The van der Waals surface area contributed by atoms with Gasteiger partial charge in [-0.05, 0) is 31.1 Å². The normalized spacial score (nSPS) is 32.2. The van der Waals surface area contributed by atoms with E-state index < -0.39 is 0 Å². The highest BCUT2D eigenvalue weighted by Gasteiger charge is 2.32. The molecule has 0 amide bonds. The number of likely N-dealkylation sites (tertiary alicyclic amines) is 1. The molecule has 2 atom stereocenters. The van der Waals surface area contributed by atoms with E-state index in [4.69, 9.17) is 5.11 Å². The first-order chi connectivity index (χ1) is 7.69. The van der Waals surface area contributed by atoms with Crippen molar-refractivity contribution in [3.05, 3.63) is 0 Å². The summed E-state index contributed by atoms with van der Waals surface area (Å²) in [7, 11) is 0. The summed E-state index contributed by atoms with van der Waals surface area (Å²) in [6, 6.07) is 1.45. The van der Waals surface area contributed by atoms with Gasteiger partial charge in [0.15, 0.2) is 0 Å². The van der Waals surface area contributed by atoms with E-state index in [1.165, 1.54) is 25.8 Å². The van der Waals surface area contributed by atoms with E-state index in [9.17, 15) is 0 Å². The monoisotopic (exact) mass is 226 g/mol. The maximum atomic E-state index is 9.06. The maximum absolute atomic E-state index is 9.06. The van der Waals surface area contributed by atoms with Crippen molar-refractivity contribution in [1.82, 2.24) is 10.2 Å². The number of aliphatic hydroxyl groups is 1. The summed E-state index contributed by atoms with van der Waals surface area (Å²) in [5, 5.41) is 12.8. The van der Waals surface area contributed by atoms with Crippen LogP contribution < -0.4 is 5.32 Å². The standard InChI is InChI=1S/C13H26N2O/c1-10(2)11-7-13(14-12-3-4-12)9-15(8-11)5-6-16/h10-14,16H,3-9H2,1-2H3. The number of β-amino-alcohol motifs (C(OH)–C–C–N with tert-alkyl or cyclic N) is 1. The Morgan fingerprint density at radius 2 is 2.00 bits per heavy atom. The first-order valence-electron chi connectivity index (χ1n) is 6.78. The predicted octanol–water partition coefficient (Wildman–Crippen LogP) is 1.08. The van der Waals surface area contributed by atoms with E-state index in [0.29, 0.717) is 12.6 Å². The number of nitrogens with zero attached hydrogens (tertiary/aromatic N) is 1. The van der Waals surface area contributed by atoms with Crippen molar-refractivity contribution in [2.24, 2.45) is 11.8 Å². The Bertz CT molecular complexity index is 216. The molecule has 0 bridgehead atoms. The molecule has 1 heterocycles. The number of rotatable bonds is 5. The van der Waals surface area contributed by atoms with Gasteiger partial charge in [0.1, 0.15) is 0 Å². The lowest BCUT2D eigenvalue weighted by Gasteiger charge is -2.39. The zero-order chi connectivity index (χ0) is 11.5. The lowest BCUT2D eigenvalue weighted by Crippen LogP contribution is -2.51. The van der Waals surface area contributed by atoms with Crippen molar-refractivity contribution in [1.29, 1.82) is 0 Å². The second kappa shape index (κ2) is 5.48. The van der Waals surface area contributed by atoms with Gasteiger partial charge in [0.05, 0.1) is 6.61 Å². The van der Waals surface area contributed by atoms with Gasteiger partial charge in [0.25, 0.3) is 0 Å². The SMILES string of the molecule is CC(C)C1CC(NC2CC2)CN(CCO)C1. The van der Waals surface area contributed by atoms with Crippen LogP contribution in [0.5, 0.6) is 0 Å². The van der Waals surface area contributed by atoms with Crippen molar-refractivity contribution < 1.29 is 5.11 Å². The Hall–Kier alpha value is -0.120. The summed E-state index contributed by atoms with van der Waals surface area (Å²) in [6.45, 7) is 8.07. The molecule has 2 unspecified atom stereocenters. The van der Waals surface area contributed by atoms with Crippen molar-refractivity contribution in [2.75, 3.05) is 26.2 Å². The van der Waals surface area contributed by atoms with E-state index in [1.807, 2.05) is 0 Å². The summed E-state index contributed by atoms with van der Waals surface area (Å²) in [5.74, 6) is 1.54. The molecule has 2 rings (SSSR count). The number of piperidine rings is 1. The molecular weight excluding hydrogens is 200 g/mol. The number of hydrogen-bond donors (Lipinski definition) is 2. The van der Waals surface area contributed by atoms with Gasteiger partial charge < -0.3 is 10.4 Å². The van der Waals surface area contributed by atoms with Crippen LogP contribution in [0, 0.1) is 11.8 Å². The molecule has 0 aromatic carbocycles. The molecule has 0 aromatic heterocycles. The Labute approximate surface area is 99.2 Å². The van der Waals surface area contributed by atoms with Crippen LogP contribution in [0.4, 0.5) is 0 Å². The minimum absolute atomic E-state index is 0.293. The molecule has 2 N–H and O–H groups in total. The van der Waals surface area contributed by atoms with Gasteiger partial charge in [-0.3, -0.25) is 4.90 Å². The van der Waals surface area contributed by atoms with Gasteiger partial charge in [-0.1, -0.05) is 13.8 Å². The van der Waals surface area contributed by atoms with Crippen LogP contribution in [0.25, 0.3) is 0 Å². The van der Waals surface area contributed by atoms with Crippen LogP contribution >= 0.6 is 0 Å². The molecule has 1 saturated heterocycles. The van der Waals surface area contributed by atoms with Crippen LogP contribution in [-0.4, -0.2) is 48.3 Å². The zero-order valence-electron chi connectivity index (χ0n) is 10.7. The van der Waals surface area contributed by atoms with Crippen LogP contribution in [-0.2, 0) is 0 Å². The minimum atomic E-state index is 0.293. The van der Waals surface area contributed by atoms with E-state index >= 15 is 0 Å². The van der Waals surface area contributed by atoms with Crippen LogP contribution in [0.3, 0.4) is 0 Å². The summed E-state index contributed by atoms with van der Waals surface area (Å²) >= 11 is 0. The first kappa shape index (κ1) is 12.3. The summed E-state index contributed by atoms with van der Waals surface area (Å²) in [5.41, 5.74) is 0. The van der Waals surface area contributed by atoms with Crippen LogP contribution in [0.2, 0.25) is 0 Å². The molecule has 0 spiro atoms. The third kappa shape index (κ3) is 3.44. The molecule has 94 valence electrons. The van der Waals surface area contributed by atoms with Crippen molar-refractivity contribution in [3.8, 4) is 0 Å². The van der Waals surface area contributed by atoms with Gasteiger partial charge in [-0.15, -0.1) is 0 Å². The highest BCUT2D eigenvalue weighted by molar-refractivity contribution is 4.90. The molecule has 3 nitrogen and oxygen atoms in total. The van der Waals surface area contributed by atoms with Gasteiger partial charge in [0.2, 0.25) is 0 Å². The number of nitrogens with one attached hydrogen (secondary N) is 1. The second-order valence-corrected chi connectivity index (χ2v) is 5.86. The van der Waals surface area contributed by atoms with Gasteiger partial charge in [0, 0.05) is 31.7 Å². The smallest absolute Gasteiger partial charge is 0.0558 e. The molecule has 2 fully saturated rings. The third-order valence-corrected chi connectivity index (χ3v) is 3.97. The molecule has 0 radical (unpaired) electrons.